The van der Waals surface area contributed by atoms with Crippen LogP contribution in [0.4, 0.5) is 5.95 Å². The first-order valence-electron chi connectivity index (χ1n) is 8.13. The second-order valence-corrected chi connectivity index (χ2v) is 8.26. The Kier molecular flexibility index (Phi) is 5.28. The van der Waals surface area contributed by atoms with Crippen LogP contribution in [-0.4, -0.2) is 48.4 Å². The highest BCUT2D eigenvalue weighted by molar-refractivity contribution is 7.91. The molecule has 1 fully saturated rings. The molecule has 1 atom stereocenters. The lowest BCUT2D eigenvalue weighted by atomic mass is 10.1. The lowest BCUT2D eigenvalue weighted by Crippen LogP contribution is -2.26. The van der Waals surface area contributed by atoms with Crippen LogP contribution in [0, 0.1) is 0 Å². The van der Waals surface area contributed by atoms with Gasteiger partial charge in [0.25, 0.3) is 5.91 Å². The number of sulfone groups is 1. The normalized spacial score (nSPS) is 18.6. The maximum absolute atomic E-state index is 12.1. The summed E-state index contributed by atoms with van der Waals surface area (Å²) in [6.45, 7) is 0.531. The number of hydrogen-bond acceptors (Lipinski definition) is 6. The third kappa shape index (κ3) is 4.99. The second-order valence-electron chi connectivity index (χ2n) is 6.03. The van der Waals surface area contributed by atoms with Gasteiger partial charge in [0.1, 0.15) is 0 Å². The van der Waals surface area contributed by atoms with Gasteiger partial charge in [0.2, 0.25) is 5.95 Å². The Hall–Kier alpha value is -2.48. The minimum absolute atomic E-state index is 0.0953. The van der Waals surface area contributed by atoms with E-state index in [0.717, 1.165) is 12.0 Å². The van der Waals surface area contributed by atoms with Crippen molar-refractivity contribution in [3.05, 3.63) is 53.9 Å². The van der Waals surface area contributed by atoms with E-state index in [-0.39, 0.29) is 23.5 Å². The summed E-state index contributed by atoms with van der Waals surface area (Å²) in [6.07, 6.45) is 4.18. The second kappa shape index (κ2) is 7.60. The molecule has 1 aliphatic heterocycles. The average molecular weight is 360 g/mol. The van der Waals surface area contributed by atoms with Gasteiger partial charge in [-0.3, -0.25) is 4.79 Å². The number of aromatic nitrogens is 2. The number of nitrogens with zero attached hydrogens (tertiary/aromatic N) is 2. The molecular formula is C17H20N4O3S. The molecule has 3 rings (SSSR count). The SMILES string of the molecule is O=C(NCCc1ccccc1)c1cnc(NC2CCS(=O)(=O)C2)nc1. The molecule has 1 aromatic heterocycles. The number of anilines is 1. The molecule has 1 aliphatic rings. The molecule has 0 radical (unpaired) electrons. The molecule has 1 aromatic carbocycles. The van der Waals surface area contributed by atoms with E-state index in [0.29, 0.717) is 24.5 Å². The lowest BCUT2D eigenvalue weighted by Gasteiger charge is -2.10. The van der Waals surface area contributed by atoms with E-state index in [1.807, 2.05) is 30.3 Å². The van der Waals surface area contributed by atoms with Gasteiger partial charge in [-0.05, 0) is 18.4 Å². The summed E-state index contributed by atoms with van der Waals surface area (Å²) < 4.78 is 22.9. The van der Waals surface area contributed by atoms with Gasteiger partial charge in [0, 0.05) is 25.0 Å². The van der Waals surface area contributed by atoms with Crippen LogP contribution in [0.3, 0.4) is 0 Å². The molecule has 7 nitrogen and oxygen atoms in total. The average Bonchev–Trinajstić information content (AvgIpc) is 2.95. The maximum Gasteiger partial charge on any atom is 0.254 e. The van der Waals surface area contributed by atoms with E-state index in [1.54, 1.807) is 0 Å². The van der Waals surface area contributed by atoms with Crippen molar-refractivity contribution in [2.24, 2.45) is 0 Å². The summed E-state index contributed by atoms with van der Waals surface area (Å²) in [5, 5.41) is 5.83. The molecule has 1 amide bonds. The highest BCUT2D eigenvalue weighted by atomic mass is 32.2. The predicted molar refractivity (Wildman–Crippen MR) is 95.2 cm³/mol. The Labute approximate surface area is 146 Å². The Balaban J connectivity index is 1.49. The third-order valence-electron chi connectivity index (χ3n) is 4.02. The molecule has 0 saturated carbocycles. The van der Waals surface area contributed by atoms with E-state index in [1.165, 1.54) is 12.4 Å². The number of hydrogen-bond donors (Lipinski definition) is 2. The van der Waals surface area contributed by atoms with Gasteiger partial charge in [0.05, 0.1) is 17.1 Å². The van der Waals surface area contributed by atoms with Crippen LogP contribution in [0.5, 0.6) is 0 Å². The number of amides is 1. The van der Waals surface area contributed by atoms with Crippen LogP contribution in [0.15, 0.2) is 42.7 Å². The Morgan fingerprint density at radius 1 is 1.16 bits per heavy atom. The Morgan fingerprint density at radius 3 is 2.52 bits per heavy atom. The summed E-state index contributed by atoms with van der Waals surface area (Å²) in [4.78, 5) is 20.3. The fourth-order valence-electron chi connectivity index (χ4n) is 2.68. The molecular weight excluding hydrogens is 340 g/mol. The van der Waals surface area contributed by atoms with E-state index in [2.05, 4.69) is 20.6 Å². The lowest BCUT2D eigenvalue weighted by molar-refractivity contribution is 0.0953. The van der Waals surface area contributed by atoms with E-state index < -0.39 is 9.84 Å². The van der Waals surface area contributed by atoms with Gasteiger partial charge in [0.15, 0.2) is 9.84 Å². The smallest absolute Gasteiger partial charge is 0.254 e. The number of nitrogens with one attached hydrogen (secondary N) is 2. The summed E-state index contributed by atoms with van der Waals surface area (Å²) in [6, 6.07) is 9.74. The Morgan fingerprint density at radius 2 is 1.88 bits per heavy atom. The number of carbonyl (C=O) groups is 1. The minimum Gasteiger partial charge on any atom is -0.352 e. The zero-order valence-electron chi connectivity index (χ0n) is 13.7. The van der Waals surface area contributed by atoms with Crippen molar-refractivity contribution in [1.29, 1.82) is 0 Å². The zero-order chi connectivity index (χ0) is 17.7. The van der Waals surface area contributed by atoms with E-state index in [4.69, 9.17) is 0 Å². The largest absolute Gasteiger partial charge is 0.352 e. The zero-order valence-corrected chi connectivity index (χ0v) is 14.5. The fraction of sp³-hybridized carbons (Fsp3) is 0.353. The van der Waals surface area contributed by atoms with Crippen molar-refractivity contribution < 1.29 is 13.2 Å². The standard InChI is InChI=1S/C17H20N4O3S/c22-16(18-8-6-13-4-2-1-3-5-13)14-10-19-17(20-11-14)21-15-7-9-25(23,24)12-15/h1-5,10-11,15H,6-9,12H2,(H,18,22)(H,19,20,21). The molecule has 2 N–H and O–H groups in total. The third-order valence-corrected chi connectivity index (χ3v) is 5.79. The topological polar surface area (TPSA) is 101 Å². The summed E-state index contributed by atoms with van der Waals surface area (Å²) >= 11 is 0. The van der Waals surface area contributed by atoms with Crippen molar-refractivity contribution in [2.75, 3.05) is 23.4 Å². The van der Waals surface area contributed by atoms with Crippen LogP contribution in [-0.2, 0) is 16.3 Å². The van der Waals surface area contributed by atoms with E-state index in [9.17, 15) is 13.2 Å². The monoisotopic (exact) mass is 360 g/mol. The molecule has 8 heteroatoms. The summed E-state index contributed by atoms with van der Waals surface area (Å²) in [5.41, 5.74) is 1.53. The molecule has 0 aliphatic carbocycles. The molecule has 1 unspecified atom stereocenters. The van der Waals surface area contributed by atoms with Crippen molar-refractivity contribution in [2.45, 2.75) is 18.9 Å². The van der Waals surface area contributed by atoms with Crippen molar-refractivity contribution in [3.8, 4) is 0 Å². The van der Waals surface area contributed by atoms with Gasteiger partial charge >= 0.3 is 0 Å². The highest BCUT2D eigenvalue weighted by Gasteiger charge is 2.28. The van der Waals surface area contributed by atoms with Crippen molar-refractivity contribution in [1.82, 2.24) is 15.3 Å². The molecule has 132 valence electrons. The summed E-state index contributed by atoms with van der Waals surface area (Å²) in [7, 11) is -2.95. The first kappa shape index (κ1) is 17.3. The van der Waals surface area contributed by atoms with Crippen LogP contribution < -0.4 is 10.6 Å². The molecule has 0 bridgehead atoms. The highest BCUT2D eigenvalue weighted by Crippen LogP contribution is 2.15. The van der Waals surface area contributed by atoms with Gasteiger partial charge in [-0.1, -0.05) is 30.3 Å². The van der Waals surface area contributed by atoms with Crippen molar-refractivity contribution in [3.63, 3.8) is 0 Å². The first-order valence-corrected chi connectivity index (χ1v) is 9.95. The van der Waals surface area contributed by atoms with Crippen LogP contribution in [0.25, 0.3) is 0 Å². The van der Waals surface area contributed by atoms with Gasteiger partial charge in [-0.2, -0.15) is 0 Å². The molecule has 0 spiro atoms. The summed E-state index contributed by atoms with van der Waals surface area (Å²) in [5.74, 6) is 0.388. The van der Waals surface area contributed by atoms with Gasteiger partial charge in [-0.15, -0.1) is 0 Å². The fourth-order valence-corrected chi connectivity index (χ4v) is 4.35. The molecule has 2 aromatic rings. The molecule has 2 heterocycles. The van der Waals surface area contributed by atoms with Crippen molar-refractivity contribution >= 4 is 21.7 Å². The number of carbonyl (C=O) groups excluding carboxylic acids is 1. The quantitative estimate of drug-likeness (QED) is 0.798. The van der Waals surface area contributed by atoms with Crippen LogP contribution >= 0.6 is 0 Å². The maximum atomic E-state index is 12.1. The molecule has 25 heavy (non-hydrogen) atoms. The number of rotatable bonds is 6. The van der Waals surface area contributed by atoms with Gasteiger partial charge < -0.3 is 10.6 Å². The predicted octanol–water partition coefficient (Wildman–Crippen LogP) is 1.05. The van der Waals surface area contributed by atoms with Crippen LogP contribution in [0.1, 0.15) is 22.3 Å². The van der Waals surface area contributed by atoms with Gasteiger partial charge in [-0.25, -0.2) is 18.4 Å². The minimum atomic E-state index is -2.95. The first-order chi connectivity index (χ1) is 12.0. The number of benzene rings is 1. The van der Waals surface area contributed by atoms with Crippen LogP contribution in [0.2, 0.25) is 0 Å². The Bertz CT molecular complexity index is 823. The molecule has 1 saturated heterocycles. The van der Waals surface area contributed by atoms with E-state index >= 15 is 0 Å².